The Hall–Kier alpha value is -1.81. The molecule has 2 aromatic heterocycles. The fourth-order valence-corrected chi connectivity index (χ4v) is 2.33. The van der Waals surface area contributed by atoms with Crippen LogP contribution in [0.3, 0.4) is 0 Å². The van der Waals surface area contributed by atoms with Gasteiger partial charge in [0.05, 0.1) is 16.0 Å². The Kier molecular flexibility index (Phi) is 2.15. The van der Waals surface area contributed by atoms with E-state index >= 15 is 0 Å². The molecule has 3 nitrogen and oxygen atoms in total. The summed E-state index contributed by atoms with van der Waals surface area (Å²) in [4.78, 5) is 4.55. The van der Waals surface area contributed by atoms with Crippen LogP contribution >= 0.6 is 11.3 Å². The van der Waals surface area contributed by atoms with E-state index in [4.69, 9.17) is 0 Å². The van der Waals surface area contributed by atoms with Crippen LogP contribution in [-0.2, 0) is 7.05 Å². The van der Waals surface area contributed by atoms with Gasteiger partial charge in [-0.1, -0.05) is 12.1 Å². The predicted octanol–water partition coefficient (Wildman–Crippen LogP) is 3.38. The number of rotatable bonds is 2. The summed E-state index contributed by atoms with van der Waals surface area (Å²) in [5.41, 5.74) is 2.16. The molecule has 0 bridgehead atoms. The van der Waals surface area contributed by atoms with Crippen LogP contribution in [0.1, 0.15) is 0 Å². The first-order valence-corrected chi connectivity index (χ1v) is 5.94. The van der Waals surface area contributed by atoms with E-state index in [-0.39, 0.29) is 0 Å². The summed E-state index contributed by atoms with van der Waals surface area (Å²) in [6.07, 6.45) is 0. The molecular formula is C12H11N3S. The molecule has 0 fully saturated rings. The Balaban J connectivity index is 2.07. The van der Waals surface area contributed by atoms with Crippen molar-refractivity contribution in [1.82, 2.24) is 9.55 Å². The van der Waals surface area contributed by atoms with E-state index in [0.29, 0.717) is 0 Å². The number of benzene rings is 1. The monoisotopic (exact) mass is 229 g/mol. The molecule has 0 unspecified atom stereocenters. The van der Waals surface area contributed by atoms with E-state index in [2.05, 4.69) is 20.9 Å². The highest BCUT2D eigenvalue weighted by atomic mass is 32.1. The number of nitrogens with one attached hydrogen (secondary N) is 1. The van der Waals surface area contributed by atoms with Gasteiger partial charge >= 0.3 is 0 Å². The summed E-state index contributed by atoms with van der Waals surface area (Å²) in [7, 11) is 2.02. The fourth-order valence-electron chi connectivity index (χ4n) is 1.72. The van der Waals surface area contributed by atoms with Gasteiger partial charge < -0.3 is 9.88 Å². The number of para-hydroxylation sites is 2. The van der Waals surface area contributed by atoms with Crippen LogP contribution in [-0.4, -0.2) is 9.55 Å². The van der Waals surface area contributed by atoms with Crippen molar-refractivity contribution in [3.8, 4) is 0 Å². The highest BCUT2D eigenvalue weighted by molar-refractivity contribution is 7.14. The lowest BCUT2D eigenvalue weighted by atomic mass is 10.3. The molecule has 0 radical (unpaired) electrons. The standard InChI is InChI=1S/C12H11N3S/c1-15-10-6-3-2-5-9(10)13-12(15)14-11-7-4-8-16-11/h2-8H,1H3,(H,13,14). The summed E-state index contributed by atoms with van der Waals surface area (Å²) >= 11 is 1.67. The molecule has 0 aliphatic carbocycles. The lowest BCUT2D eigenvalue weighted by Crippen LogP contribution is -1.97. The van der Waals surface area contributed by atoms with Crippen molar-refractivity contribution in [3.63, 3.8) is 0 Å². The minimum atomic E-state index is 0.878. The number of nitrogens with zero attached hydrogens (tertiary/aromatic N) is 2. The van der Waals surface area contributed by atoms with Crippen molar-refractivity contribution in [2.75, 3.05) is 5.32 Å². The zero-order valence-corrected chi connectivity index (χ0v) is 9.66. The average molecular weight is 229 g/mol. The van der Waals surface area contributed by atoms with E-state index in [1.165, 1.54) is 0 Å². The second-order valence-electron chi connectivity index (χ2n) is 3.59. The van der Waals surface area contributed by atoms with Gasteiger partial charge in [0.15, 0.2) is 0 Å². The van der Waals surface area contributed by atoms with Crippen molar-refractivity contribution in [3.05, 3.63) is 41.8 Å². The Morgan fingerprint density at radius 2 is 2.06 bits per heavy atom. The van der Waals surface area contributed by atoms with E-state index < -0.39 is 0 Å². The number of hydrogen-bond donors (Lipinski definition) is 1. The molecule has 16 heavy (non-hydrogen) atoms. The SMILES string of the molecule is Cn1c(Nc2cccs2)nc2ccccc21. The highest BCUT2D eigenvalue weighted by Crippen LogP contribution is 2.23. The molecule has 0 aliphatic heterocycles. The van der Waals surface area contributed by atoms with Crippen LogP contribution in [0.5, 0.6) is 0 Å². The molecule has 0 spiro atoms. The zero-order chi connectivity index (χ0) is 11.0. The fraction of sp³-hybridized carbons (Fsp3) is 0.0833. The first-order valence-electron chi connectivity index (χ1n) is 5.06. The third-order valence-electron chi connectivity index (χ3n) is 2.54. The Bertz CT molecular complexity index is 610. The molecule has 1 N–H and O–H groups in total. The largest absolute Gasteiger partial charge is 0.317 e. The number of hydrogen-bond acceptors (Lipinski definition) is 3. The van der Waals surface area contributed by atoms with Crippen LogP contribution in [0.4, 0.5) is 10.9 Å². The second-order valence-corrected chi connectivity index (χ2v) is 4.53. The molecule has 1 aromatic carbocycles. The summed E-state index contributed by atoms with van der Waals surface area (Å²) in [6.45, 7) is 0. The van der Waals surface area contributed by atoms with Gasteiger partial charge in [-0.15, -0.1) is 11.3 Å². The van der Waals surface area contributed by atoms with Crippen LogP contribution in [0, 0.1) is 0 Å². The van der Waals surface area contributed by atoms with Gasteiger partial charge in [0.25, 0.3) is 0 Å². The molecule has 0 saturated heterocycles. The van der Waals surface area contributed by atoms with Crippen LogP contribution in [0.15, 0.2) is 41.8 Å². The molecule has 0 amide bonds. The van der Waals surface area contributed by atoms with Crippen LogP contribution < -0.4 is 5.32 Å². The molecular weight excluding hydrogens is 218 g/mol. The van der Waals surface area contributed by atoms with Crippen LogP contribution in [0.25, 0.3) is 11.0 Å². The van der Waals surface area contributed by atoms with Crippen molar-refractivity contribution in [2.24, 2.45) is 7.05 Å². The van der Waals surface area contributed by atoms with Gasteiger partial charge in [0, 0.05) is 7.05 Å². The molecule has 0 saturated carbocycles. The van der Waals surface area contributed by atoms with Gasteiger partial charge in [-0.05, 0) is 29.6 Å². The van der Waals surface area contributed by atoms with Crippen LogP contribution in [0.2, 0.25) is 0 Å². The van der Waals surface area contributed by atoms with Gasteiger partial charge in [-0.3, -0.25) is 0 Å². The van der Waals surface area contributed by atoms with Crippen molar-refractivity contribution < 1.29 is 0 Å². The highest BCUT2D eigenvalue weighted by Gasteiger charge is 2.06. The Labute approximate surface area is 97.4 Å². The summed E-state index contributed by atoms with van der Waals surface area (Å²) < 4.78 is 2.06. The molecule has 3 rings (SSSR count). The van der Waals surface area contributed by atoms with Crippen molar-refractivity contribution in [2.45, 2.75) is 0 Å². The third-order valence-corrected chi connectivity index (χ3v) is 3.33. The summed E-state index contributed by atoms with van der Waals surface area (Å²) in [6, 6.07) is 12.2. The zero-order valence-electron chi connectivity index (χ0n) is 8.84. The first kappa shape index (κ1) is 9.42. The first-order chi connectivity index (χ1) is 7.84. The number of fused-ring (bicyclic) bond motifs is 1. The number of imidazole rings is 1. The molecule has 0 aliphatic rings. The predicted molar refractivity (Wildman–Crippen MR) is 68.3 cm³/mol. The smallest absolute Gasteiger partial charge is 0.208 e. The summed E-state index contributed by atoms with van der Waals surface area (Å²) in [5.74, 6) is 0.878. The van der Waals surface area contributed by atoms with E-state index in [1.54, 1.807) is 11.3 Å². The van der Waals surface area contributed by atoms with Crippen molar-refractivity contribution in [1.29, 1.82) is 0 Å². The molecule has 3 aromatic rings. The maximum atomic E-state index is 4.55. The molecule has 0 atom stereocenters. The number of anilines is 2. The normalized spacial score (nSPS) is 10.8. The average Bonchev–Trinajstić information content (AvgIpc) is 2.90. The summed E-state index contributed by atoms with van der Waals surface area (Å²) in [5, 5.41) is 6.47. The van der Waals surface area contributed by atoms with Gasteiger partial charge in [0.2, 0.25) is 5.95 Å². The number of aromatic nitrogens is 2. The maximum Gasteiger partial charge on any atom is 0.208 e. The number of thiophene rings is 1. The van der Waals surface area contributed by atoms with Gasteiger partial charge in [-0.2, -0.15) is 0 Å². The lowest BCUT2D eigenvalue weighted by molar-refractivity contribution is 0.959. The Morgan fingerprint density at radius 3 is 2.81 bits per heavy atom. The van der Waals surface area contributed by atoms with E-state index in [9.17, 15) is 0 Å². The molecule has 4 heteroatoms. The minimum Gasteiger partial charge on any atom is -0.317 e. The topological polar surface area (TPSA) is 29.9 Å². The minimum absolute atomic E-state index is 0.878. The third kappa shape index (κ3) is 1.47. The quantitative estimate of drug-likeness (QED) is 0.730. The Morgan fingerprint density at radius 1 is 1.19 bits per heavy atom. The van der Waals surface area contributed by atoms with E-state index in [0.717, 1.165) is 22.0 Å². The molecule has 80 valence electrons. The van der Waals surface area contributed by atoms with Crippen molar-refractivity contribution >= 4 is 33.3 Å². The van der Waals surface area contributed by atoms with E-state index in [1.807, 2.05) is 42.8 Å². The van der Waals surface area contributed by atoms with Gasteiger partial charge in [0.1, 0.15) is 0 Å². The number of aryl methyl sites for hydroxylation is 1. The maximum absolute atomic E-state index is 4.55. The lowest BCUT2D eigenvalue weighted by Gasteiger charge is -2.02. The molecule has 2 heterocycles. The second kappa shape index (κ2) is 3.64. The van der Waals surface area contributed by atoms with Gasteiger partial charge in [-0.25, -0.2) is 4.98 Å².